The van der Waals surface area contributed by atoms with E-state index in [0.29, 0.717) is 12.4 Å². The second-order valence-corrected chi connectivity index (χ2v) is 11.0. The number of rotatable bonds is 9. The molecule has 7 heteroatoms. The Balaban J connectivity index is 1.84. The Labute approximate surface area is 220 Å². The minimum Gasteiger partial charge on any atom is -0.497 e. The fraction of sp³-hybridized carbons (Fsp3) is 0.433. The van der Waals surface area contributed by atoms with Gasteiger partial charge in [0.2, 0.25) is 11.8 Å². The van der Waals surface area contributed by atoms with Gasteiger partial charge in [-0.05, 0) is 54.7 Å². The predicted octanol–water partition coefficient (Wildman–Crippen LogP) is 5.46. The number of nitrogens with zero attached hydrogens (tertiary/aromatic N) is 3. The molecule has 0 radical (unpaired) electrons. The number of aryl methyl sites for hydroxylation is 1. The van der Waals surface area contributed by atoms with Crippen LogP contribution in [0, 0.1) is 19.8 Å². The van der Waals surface area contributed by atoms with Crippen molar-refractivity contribution >= 4 is 17.6 Å². The zero-order valence-corrected chi connectivity index (χ0v) is 23.4. The summed E-state index contributed by atoms with van der Waals surface area (Å²) in [5.74, 6) is 1.21. The molecule has 0 saturated heterocycles. The molecule has 0 unspecified atom stereocenters. The summed E-state index contributed by atoms with van der Waals surface area (Å²) in [6, 6.07) is 15.4. The van der Waals surface area contributed by atoms with Crippen molar-refractivity contribution < 1.29 is 14.3 Å². The van der Waals surface area contributed by atoms with Crippen molar-refractivity contribution in [3.05, 3.63) is 70.9 Å². The molecule has 0 bridgehead atoms. The molecule has 1 heterocycles. The summed E-state index contributed by atoms with van der Waals surface area (Å²) in [7, 11) is 1.61. The summed E-state index contributed by atoms with van der Waals surface area (Å²) in [4.78, 5) is 28.1. The third-order valence-electron chi connectivity index (χ3n) is 6.34. The van der Waals surface area contributed by atoms with E-state index < -0.39 is 0 Å². The SMILES string of the molecule is COc1ccc(CC(=O)N(CC(=O)Nc2cc(C(C)(C)C)nn2-c2cccc(C)c2C)CC(C)C)cc1. The van der Waals surface area contributed by atoms with E-state index in [1.165, 1.54) is 0 Å². The molecule has 2 aromatic carbocycles. The van der Waals surface area contributed by atoms with Crippen LogP contribution in [0.25, 0.3) is 5.69 Å². The van der Waals surface area contributed by atoms with Gasteiger partial charge in [-0.1, -0.05) is 58.9 Å². The van der Waals surface area contributed by atoms with E-state index in [-0.39, 0.29) is 36.1 Å². The van der Waals surface area contributed by atoms with E-state index in [1.54, 1.807) is 16.7 Å². The van der Waals surface area contributed by atoms with Gasteiger partial charge >= 0.3 is 0 Å². The molecule has 198 valence electrons. The van der Waals surface area contributed by atoms with Crippen LogP contribution in [0.3, 0.4) is 0 Å². The number of ether oxygens (including phenoxy) is 1. The van der Waals surface area contributed by atoms with Crippen molar-refractivity contribution in [3.8, 4) is 11.4 Å². The van der Waals surface area contributed by atoms with Crippen molar-refractivity contribution in [2.24, 2.45) is 5.92 Å². The Morgan fingerprint density at radius 2 is 1.76 bits per heavy atom. The van der Waals surface area contributed by atoms with Crippen LogP contribution in [0.2, 0.25) is 0 Å². The van der Waals surface area contributed by atoms with E-state index in [9.17, 15) is 9.59 Å². The largest absolute Gasteiger partial charge is 0.497 e. The lowest BCUT2D eigenvalue weighted by molar-refractivity contribution is -0.134. The van der Waals surface area contributed by atoms with Crippen LogP contribution in [-0.4, -0.2) is 46.7 Å². The van der Waals surface area contributed by atoms with Crippen molar-refractivity contribution in [2.75, 3.05) is 25.5 Å². The second kappa shape index (κ2) is 11.6. The molecular formula is C30H40N4O3. The van der Waals surface area contributed by atoms with Gasteiger partial charge in [-0.25, -0.2) is 4.68 Å². The summed E-state index contributed by atoms with van der Waals surface area (Å²) in [5, 5.41) is 7.89. The van der Waals surface area contributed by atoms with Crippen LogP contribution in [0.4, 0.5) is 5.82 Å². The average molecular weight is 505 g/mol. The van der Waals surface area contributed by atoms with Crippen molar-refractivity contribution in [1.29, 1.82) is 0 Å². The summed E-state index contributed by atoms with van der Waals surface area (Å²) >= 11 is 0. The summed E-state index contributed by atoms with van der Waals surface area (Å²) in [6.45, 7) is 14.9. The number of amides is 2. The first-order valence-electron chi connectivity index (χ1n) is 12.8. The number of hydrogen-bond donors (Lipinski definition) is 1. The minimum absolute atomic E-state index is 0.0317. The number of carbonyl (C=O) groups excluding carboxylic acids is 2. The van der Waals surface area contributed by atoms with Crippen LogP contribution < -0.4 is 10.1 Å². The number of benzene rings is 2. The lowest BCUT2D eigenvalue weighted by atomic mass is 9.92. The lowest BCUT2D eigenvalue weighted by Crippen LogP contribution is -2.41. The normalized spacial score (nSPS) is 11.5. The molecule has 0 aliphatic carbocycles. The molecule has 0 aliphatic rings. The molecule has 0 saturated carbocycles. The van der Waals surface area contributed by atoms with Gasteiger partial charge in [-0.15, -0.1) is 0 Å². The van der Waals surface area contributed by atoms with Crippen molar-refractivity contribution in [2.45, 2.75) is 60.3 Å². The first-order chi connectivity index (χ1) is 17.4. The number of carbonyl (C=O) groups is 2. The number of anilines is 1. The van der Waals surface area contributed by atoms with Gasteiger partial charge in [0, 0.05) is 18.0 Å². The Bertz CT molecular complexity index is 1240. The number of methoxy groups -OCH3 is 1. The smallest absolute Gasteiger partial charge is 0.245 e. The molecule has 0 spiro atoms. The first kappa shape index (κ1) is 28.0. The highest BCUT2D eigenvalue weighted by Crippen LogP contribution is 2.28. The molecular weight excluding hydrogens is 464 g/mol. The van der Waals surface area contributed by atoms with Gasteiger partial charge in [-0.2, -0.15) is 5.10 Å². The molecule has 0 aliphatic heterocycles. The van der Waals surface area contributed by atoms with Crippen molar-refractivity contribution in [3.63, 3.8) is 0 Å². The fourth-order valence-corrected chi connectivity index (χ4v) is 4.07. The molecule has 2 amide bonds. The third-order valence-corrected chi connectivity index (χ3v) is 6.34. The maximum Gasteiger partial charge on any atom is 0.245 e. The van der Waals surface area contributed by atoms with Gasteiger partial charge in [-0.3, -0.25) is 9.59 Å². The van der Waals surface area contributed by atoms with Gasteiger partial charge in [0.15, 0.2) is 0 Å². The standard InChI is InChI=1S/C30H40N4O3/c1-20(2)18-33(29(36)16-23-12-14-24(37-8)15-13-23)19-28(35)31-27-17-26(30(5,6)7)32-34(27)25-11-9-10-21(3)22(25)4/h9-15,17,20H,16,18-19H2,1-8H3,(H,31,35). The molecule has 7 nitrogen and oxygen atoms in total. The molecule has 0 atom stereocenters. The highest BCUT2D eigenvalue weighted by atomic mass is 16.5. The highest BCUT2D eigenvalue weighted by molar-refractivity contribution is 5.94. The van der Waals surface area contributed by atoms with Crippen LogP contribution >= 0.6 is 0 Å². The Hall–Kier alpha value is -3.61. The lowest BCUT2D eigenvalue weighted by Gasteiger charge is -2.24. The molecule has 1 N–H and O–H groups in total. The van der Waals surface area contributed by atoms with Gasteiger partial charge in [0.1, 0.15) is 11.6 Å². The van der Waals surface area contributed by atoms with Gasteiger partial charge in [0.25, 0.3) is 0 Å². The molecule has 3 aromatic rings. The Morgan fingerprint density at radius 1 is 1.08 bits per heavy atom. The quantitative estimate of drug-likeness (QED) is 0.420. The monoisotopic (exact) mass is 504 g/mol. The average Bonchev–Trinajstić information content (AvgIpc) is 3.24. The number of aromatic nitrogens is 2. The Kier molecular flexibility index (Phi) is 8.79. The molecule has 3 rings (SSSR count). The van der Waals surface area contributed by atoms with E-state index in [0.717, 1.165) is 33.8 Å². The zero-order valence-electron chi connectivity index (χ0n) is 23.4. The molecule has 37 heavy (non-hydrogen) atoms. The van der Waals surface area contributed by atoms with E-state index in [4.69, 9.17) is 9.84 Å². The third kappa shape index (κ3) is 7.21. The topological polar surface area (TPSA) is 76.5 Å². The molecule has 0 fully saturated rings. The first-order valence-corrected chi connectivity index (χ1v) is 12.8. The number of hydrogen-bond acceptors (Lipinski definition) is 4. The number of nitrogens with one attached hydrogen (secondary N) is 1. The summed E-state index contributed by atoms with van der Waals surface area (Å²) in [6.07, 6.45) is 0.221. The maximum absolute atomic E-state index is 13.3. The van der Waals surface area contributed by atoms with Gasteiger partial charge in [0.05, 0.1) is 31.5 Å². The van der Waals surface area contributed by atoms with E-state index >= 15 is 0 Å². The molecule has 1 aromatic heterocycles. The maximum atomic E-state index is 13.3. The van der Waals surface area contributed by atoms with Crippen LogP contribution in [0.15, 0.2) is 48.5 Å². The van der Waals surface area contributed by atoms with Crippen LogP contribution in [-0.2, 0) is 21.4 Å². The summed E-state index contributed by atoms with van der Waals surface area (Å²) in [5.41, 5.74) is 4.72. The van der Waals surface area contributed by atoms with Crippen LogP contribution in [0.1, 0.15) is 57.0 Å². The van der Waals surface area contributed by atoms with Crippen molar-refractivity contribution in [1.82, 2.24) is 14.7 Å². The Morgan fingerprint density at radius 3 is 2.35 bits per heavy atom. The summed E-state index contributed by atoms with van der Waals surface area (Å²) < 4.78 is 7.00. The van der Waals surface area contributed by atoms with E-state index in [2.05, 4.69) is 46.0 Å². The fourth-order valence-electron chi connectivity index (χ4n) is 4.07. The van der Waals surface area contributed by atoms with Gasteiger partial charge < -0.3 is 15.0 Å². The highest BCUT2D eigenvalue weighted by Gasteiger charge is 2.24. The minimum atomic E-state index is -0.254. The zero-order chi connectivity index (χ0) is 27.3. The van der Waals surface area contributed by atoms with E-state index in [1.807, 2.05) is 56.3 Å². The second-order valence-electron chi connectivity index (χ2n) is 11.0. The van der Waals surface area contributed by atoms with Crippen LogP contribution in [0.5, 0.6) is 5.75 Å². The predicted molar refractivity (Wildman–Crippen MR) is 148 cm³/mol.